The summed E-state index contributed by atoms with van der Waals surface area (Å²) in [5, 5.41) is 0. The first kappa shape index (κ1) is 22.2. The van der Waals surface area contributed by atoms with E-state index >= 15 is 0 Å². The van der Waals surface area contributed by atoms with Crippen LogP contribution in [0.2, 0.25) is 0 Å². The van der Waals surface area contributed by atoms with Gasteiger partial charge in [0.15, 0.2) is 0 Å². The van der Waals surface area contributed by atoms with Crippen molar-refractivity contribution in [3.05, 3.63) is 35.9 Å². The molecule has 1 saturated heterocycles. The molecule has 1 aliphatic carbocycles. The van der Waals surface area contributed by atoms with E-state index in [1.54, 1.807) is 0 Å². The van der Waals surface area contributed by atoms with Crippen LogP contribution < -0.4 is 5.73 Å². The smallest absolute Gasteiger partial charge is 0.239 e. The number of halogens is 1. The lowest BCUT2D eigenvalue weighted by atomic mass is 9.84. The van der Waals surface area contributed by atoms with Crippen molar-refractivity contribution in [3.63, 3.8) is 0 Å². The molecule has 152 valence electrons. The van der Waals surface area contributed by atoms with E-state index in [-0.39, 0.29) is 24.4 Å². The number of hydrogen-bond donors (Lipinski definition) is 1. The van der Waals surface area contributed by atoms with E-state index in [4.69, 9.17) is 5.73 Å². The van der Waals surface area contributed by atoms with E-state index in [1.807, 2.05) is 11.9 Å². The first-order valence-electron chi connectivity index (χ1n) is 10.4. The molecular weight excluding hydrogens is 358 g/mol. The predicted molar refractivity (Wildman–Crippen MR) is 114 cm³/mol. The minimum Gasteiger partial charge on any atom is -0.341 e. The third kappa shape index (κ3) is 6.48. The van der Waals surface area contributed by atoms with Crippen molar-refractivity contribution in [1.29, 1.82) is 0 Å². The number of piperidine rings is 1. The lowest BCUT2D eigenvalue weighted by Gasteiger charge is -2.38. The molecular formula is C22H36ClN3O. The van der Waals surface area contributed by atoms with Crippen molar-refractivity contribution < 1.29 is 4.79 Å². The number of likely N-dealkylation sites (N-methyl/N-ethyl adjacent to an activating group) is 1. The zero-order valence-electron chi connectivity index (χ0n) is 16.7. The molecule has 2 fully saturated rings. The second-order valence-electron chi connectivity index (χ2n) is 8.29. The maximum absolute atomic E-state index is 12.8. The fourth-order valence-corrected chi connectivity index (χ4v) is 4.63. The molecule has 4 nitrogen and oxygen atoms in total. The molecule has 1 saturated carbocycles. The van der Waals surface area contributed by atoms with Gasteiger partial charge in [0.2, 0.25) is 5.91 Å². The maximum Gasteiger partial charge on any atom is 0.239 e. The van der Waals surface area contributed by atoms with Crippen molar-refractivity contribution in [2.45, 2.75) is 70.0 Å². The van der Waals surface area contributed by atoms with Crippen LogP contribution in [0.4, 0.5) is 0 Å². The molecule has 27 heavy (non-hydrogen) atoms. The molecule has 2 aliphatic rings. The van der Waals surface area contributed by atoms with Crippen molar-refractivity contribution in [2.75, 3.05) is 20.1 Å². The SMILES string of the molecule is CN(C(=O)C(N)CC1CCCCC1)C1CCN(Cc2ccccc2)CC1.Cl. The summed E-state index contributed by atoms with van der Waals surface area (Å²) < 4.78 is 0. The van der Waals surface area contributed by atoms with Gasteiger partial charge in [0.05, 0.1) is 6.04 Å². The van der Waals surface area contributed by atoms with Crippen LogP contribution in [0.25, 0.3) is 0 Å². The van der Waals surface area contributed by atoms with Gasteiger partial charge in [-0.25, -0.2) is 0 Å². The van der Waals surface area contributed by atoms with Gasteiger partial charge in [0.1, 0.15) is 0 Å². The number of likely N-dealkylation sites (tertiary alicyclic amines) is 1. The van der Waals surface area contributed by atoms with Crippen molar-refractivity contribution >= 4 is 18.3 Å². The summed E-state index contributed by atoms with van der Waals surface area (Å²) in [7, 11) is 1.96. The number of carbonyl (C=O) groups is 1. The molecule has 2 N–H and O–H groups in total. The largest absolute Gasteiger partial charge is 0.341 e. The summed E-state index contributed by atoms with van der Waals surface area (Å²) in [5.74, 6) is 0.806. The number of rotatable bonds is 6. The third-order valence-electron chi connectivity index (χ3n) is 6.33. The number of hydrogen-bond acceptors (Lipinski definition) is 3. The van der Waals surface area contributed by atoms with Gasteiger partial charge in [0, 0.05) is 32.7 Å². The van der Waals surface area contributed by atoms with E-state index < -0.39 is 0 Å². The fraction of sp³-hybridized carbons (Fsp3) is 0.682. The van der Waals surface area contributed by atoms with Gasteiger partial charge in [-0.05, 0) is 30.7 Å². The molecule has 3 rings (SSSR count). The van der Waals surface area contributed by atoms with E-state index in [0.29, 0.717) is 12.0 Å². The number of nitrogens with two attached hydrogens (primary N) is 1. The van der Waals surface area contributed by atoms with Crippen LogP contribution in [0, 0.1) is 5.92 Å². The molecule has 1 heterocycles. The number of carbonyl (C=O) groups excluding carboxylic acids is 1. The minimum atomic E-state index is -0.314. The number of amides is 1. The van der Waals surface area contributed by atoms with E-state index in [1.165, 1.54) is 37.7 Å². The Kier molecular flexibility index (Phi) is 9.07. The van der Waals surface area contributed by atoms with Crippen LogP contribution in [0.3, 0.4) is 0 Å². The van der Waals surface area contributed by atoms with Gasteiger partial charge >= 0.3 is 0 Å². The average Bonchev–Trinajstić information content (AvgIpc) is 2.69. The fourth-order valence-electron chi connectivity index (χ4n) is 4.63. The van der Waals surface area contributed by atoms with Crippen LogP contribution in [0.15, 0.2) is 30.3 Å². The average molecular weight is 394 g/mol. The Morgan fingerprint density at radius 3 is 2.37 bits per heavy atom. The van der Waals surface area contributed by atoms with E-state index in [0.717, 1.165) is 38.9 Å². The molecule has 0 bridgehead atoms. The van der Waals surface area contributed by atoms with Gasteiger partial charge in [-0.3, -0.25) is 9.69 Å². The van der Waals surface area contributed by atoms with Crippen LogP contribution >= 0.6 is 12.4 Å². The highest BCUT2D eigenvalue weighted by Gasteiger charge is 2.29. The van der Waals surface area contributed by atoms with Crippen molar-refractivity contribution in [3.8, 4) is 0 Å². The quantitative estimate of drug-likeness (QED) is 0.799. The molecule has 5 heteroatoms. The summed E-state index contributed by atoms with van der Waals surface area (Å²) in [6, 6.07) is 10.7. The van der Waals surface area contributed by atoms with Gasteiger partial charge < -0.3 is 10.6 Å². The highest BCUT2D eigenvalue weighted by molar-refractivity contribution is 5.85. The van der Waals surface area contributed by atoms with Crippen LogP contribution in [0.1, 0.15) is 56.9 Å². The van der Waals surface area contributed by atoms with Crippen molar-refractivity contribution in [2.24, 2.45) is 11.7 Å². The molecule has 1 aromatic rings. The van der Waals surface area contributed by atoms with Crippen LogP contribution in [0.5, 0.6) is 0 Å². The lowest BCUT2D eigenvalue weighted by Crippen LogP contribution is -2.50. The third-order valence-corrected chi connectivity index (χ3v) is 6.33. The molecule has 0 radical (unpaired) electrons. The van der Waals surface area contributed by atoms with Gasteiger partial charge in [-0.1, -0.05) is 62.4 Å². The Bertz CT molecular complexity index is 554. The maximum atomic E-state index is 12.8. The van der Waals surface area contributed by atoms with E-state index in [2.05, 4.69) is 35.2 Å². The van der Waals surface area contributed by atoms with Crippen molar-refractivity contribution in [1.82, 2.24) is 9.80 Å². The zero-order chi connectivity index (χ0) is 18.4. The van der Waals surface area contributed by atoms with E-state index in [9.17, 15) is 4.79 Å². The number of nitrogens with zero attached hydrogens (tertiary/aromatic N) is 2. The zero-order valence-corrected chi connectivity index (χ0v) is 17.5. The summed E-state index contributed by atoms with van der Waals surface area (Å²) >= 11 is 0. The van der Waals surface area contributed by atoms with Crippen LogP contribution in [-0.2, 0) is 11.3 Å². The monoisotopic (exact) mass is 393 g/mol. The highest BCUT2D eigenvalue weighted by atomic mass is 35.5. The Balaban J connectivity index is 0.00000261. The lowest BCUT2D eigenvalue weighted by molar-refractivity contribution is -0.134. The topological polar surface area (TPSA) is 49.6 Å². The second kappa shape index (κ2) is 11.0. The Hall–Kier alpha value is -1.10. The summed E-state index contributed by atoms with van der Waals surface area (Å²) in [5.41, 5.74) is 7.65. The first-order valence-corrected chi connectivity index (χ1v) is 10.4. The molecule has 0 aromatic heterocycles. The first-order chi connectivity index (χ1) is 12.6. The molecule has 1 unspecified atom stereocenters. The molecule has 1 aliphatic heterocycles. The Morgan fingerprint density at radius 1 is 1.11 bits per heavy atom. The summed E-state index contributed by atoms with van der Waals surface area (Å²) in [6.45, 7) is 3.11. The molecule has 0 spiro atoms. The minimum absolute atomic E-state index is 0. The Labute approximate surface area is 170 Å². The summed E-state index contributed by atoms with van der Waals surface area (Å²) in [6.07, 6.45) is 9.43. The second-order valence-corrected chi connectivity index (χ2v) is 8.29. The van der Waals surface area contributed by atoms with Gasteiger partial charge in [0.25, 0.3) is 0 Å². The number of benzene rings is 1. The standard InChI is InChI=1S/C22H35N3O.ClH/c1-24(22(26)21(23)16-18-8-4-2-5-9-18)20-12-14-25(15-13-20)17-19-10-6-3-7-11-19;/h3,6-7,10-11,18,20-21H,2,4-5,8-9,12-17,23H2,1H3;1H. The Morgan fingerprint density at radius 2 is 1.74 bits per heavy atom. The molecule has 1 amide bonds. The normalized spacial score (nSPS) is 20.7. The van der Waals surface area contributed by atoms with Gasteiger partial charge in [-0.15, -0.1) is 12.4 Å². The summed E-state index contributed by atoms with van der Waals surface area (Å²) in [4.78, 5) is 17.2. The van der Waals surface area contributed by atoms with Gasteiger partial charge in [-0.2, -0.15) is 0 Å². The highest BCUT2D eigenvalue weighted by Crippen LogP contribution is 2.27. The van der Waals surface area contributed by atoms with Crippen LogP contribution in [-0.4, -0.2) is 47.9 Å². The predicted octanol–water partition coefficient (Wildman–Crippen LogP) is 3.83. The molecule has 1 aromatic carbocycles. The molecule has 1 atom stereocenters.